The van der Waals surface area contributed by atoms with Crippen LogP contribution in [0.1, 0.15) is 17.0 Å². The molecule has 8 heteroatoms. The van der Waals surface area contributed by atoms with Crippen LogP contribution in [0.4, 0.5) is 0 Å². The number of halogens is 3. The third kappa shape index (κ3) is 5.09. The normalized spacial score (nSPS) is 11.4. The Kier molecular flexibility index (Phi) is 7.04. The third-order valence-corrected chi connectivity index (χ3v) is 6.28. The first kappa shape index (κ1) is 22.6. The van der Waals surface area contributed by atoms with Crippen molar-refractivity contribution < 1.29 is 9.47 Å². The molecule has 4 aromatic rings. The van der Waals surface area contributed by atoms with Gasteiger partial charge in [-0.3, -0.25) is 0 Å². The molecule has 0 radical (unpaired) electrons. The molecular formula is C24H16BrClIN3O2. The number of hydrogen-bond acceptors (Lipinski definition) is 4. The van der Waals surface area contributed by atoms with Crippen molar-refractivity contribution >= 4 is 72.8 Å². The van der Waals surface area contributed by atoms with Gasteiger partial charge in [-0.1, -0.05) is 23.7 Å². The summed E-state index contributed by atoms with van der Waals surface area (Å²) in [7, 11) is 1.61. The number of imidazole rings is 1. The van der Waals surface area contributed by atoms with Crippen molar-refractivity contribution in [2.75, 3.05) is 7.11 Å². The molecule has 4 rings (SSSR count). The number of ether oxygens (including phenoxy) is 2. The minimum Gasteiger partial charge on any atom is -0.497 e. The molecule has 0 aliphatic rings. The van der Waals surface area contributed by atoms with Crippen molar-refractivity contribution in [1.82, 2.24) is 9.97 Å². The second kappa shape index (κ2) is 9.94. The smallest absolute Gasteiger partial charge is 0.152 e. The Balaban J connectivity index is 1.60. The maximum atomic E-state index is 9.72. The zero-order chi connectivity index (χ0) is 22.7. The van der Waals surface area contributed by atoms with E-state index < -0.39 is 0 Å². The van der Waals surface area contributed by atoms with E-state index in [9.17, 15) is 5.26 Å². The van der Waals surface area contributed by atoms with Crippen LogP contribution in [-0.4, -0.2) is 17.1 Å². The van der Waals surface area contributed by atoms with Crippen LogP contribution in [0.15, 0.2) is 59.1 Å². The molecule has 0 saturated carbocycles. The van der Waals surface area contributed by atoms with E-state index in [-0.39, 0.29) is 0 Å². The first-order valence-corrected chi connectivity index (χ1v) is 11.7. The van der Waals surface area contributed by atoms with E-state index in [0.29, 0.717) is 39.0 Å². The summed E-state index contributed by atoms with van der Waals surface area (Å²) >= 11 is 12.3. The van der Waals surface area contributed by atoms with Crippen LogP contribution in [0.2, 0.25) is 5.02 Å². The summed E-state index contributed by atoms with van der Waals surface area (Å²) in [4.78, 5) is 7.69. The van der Waals surface area contributed by atoms with Crippen LogP contribution < -0.4 is 9.47 Å². The molecule has 0 saturated heterocycles. The quantitative estimate of drug-likeness (QED) is 0.182. The van der Waals surface area contributed by atoms with Gasteiger partial charge in [0.1, 0.15) is 24.3 Å². The molecule has 0 unspecified atom stereocenters. The molecule has 0 spiro atoms. The highest BCUT2D eigenvalue weighted by Gasteiger charge is 2.12. The number of aromatic amines is 1. The third-order valence-electron chi connectivity index (χ3n) is 4.69. The number of fused-ring (bicyclic) bond motifs is 1. The number of H-pyrrole nitrogens is 1. The topological polar surface area (TPSA) is 70.9 Å². The number of hydrogen-bond donors (Lipinski definition) is 1. The average molecular weight is 621 g/mol. The fourth-order valence-corrected chi connectivity index (χ4v) is 4.45. The van der Waals surface area contributed by atoms with Crippen LogP contribution in [0.25, 0.3) is 22.7 Å². The van der Waals surface area contributed by atoms with Gasteiger partial charge in [-0.2, -0.15) is 5.26 Å². The number of rotatable bonds is 6. The minimum absolute atomic E-state index is 0.385. The van der Waals surface area contributed by atoms with E-state index in [1.807, 2.05) is 48.5 Å². The number of aromatic nitrogens is 2. The van der Waals surface area contributed by atoms with Gasteiger partial charge >= 0.3 is 0 Å². The molecule has 160 valence electrons. The van der Waals surface area contributed by atoms with Gasteiger partial charge in [-0.25, -0.2) is 4.98 Å². The summed E-state index contributed by atoms with van der Waals surface area (Å²) in [5, 5.41) is 10.2. The van der Waals surface area contributed by atoms with Crippen LogP contribution in [-0.2, 0) is 6.61 Å². The second-order valence-corrected chi connectivity index (χ2v) is 9.37. The zero-order valence-corrected chi connectivity index (χ0v) is 21.3. The maximum Gasteiger partial charge on any atom is 0.152 e. The SMILES string of the molecule is COc1ccc2nc(/C(C#N)=C\c3cc(Cl)c(OCc4ccc(I)cc4)c(Br)c3)[nH]c2c1. The van der Waals surface area contributed by atoms with Crippen LogP contribution in [0, 0.1) is 14.9 Å². The molecule has 0 aliphatic carbocycles. The van der Waals surface area contributed by atoms with E-state index in [4.69, 9.17) is 21.1 Å². The van der Waals surface area contributed by atoms with Crippen molar-refractivity contribution in [2.45, 2.75) is 6.61 Å². The molecule has 1 heterocycles. The summed E-state index contributed by atoms with van der Waals surface area (Å²) in [6.45, 7) is 0.399. The molecule has 1 aromatic heterocycles. The highest BCUT2D eigenvalue weighted by Crippen LogP contribution is 2.36. The number of nitrogens with one attached hydrogen (secondary N) is 1. The number of nitriles is 1. The lowest BCUT2D eigenvalue weighted by Gasteiger charge is -2.11. The monoisotopic (exact) mass is 619 g/mol. The van der Waals surface area contributed by atoms with E-state index >= 15 is 0 Å². The van der Waals surface area contributed by atoms with Gasteiger partial charge in [0, 0.05) is 9.64 Å². The Labute approximate surface area is 212 Å². The van der Waals surface area contributed by atoms with E-state index in [1.54, 1.807) is 19.3 Å². The fraction of sp³-hybridized carbons (Fsp3) is 0.0833. The molecule has 0 bridgehead atoms. The number of benzene rings is 3. The van der Waals surface area contributed by atoms with Crippen molar-refractivity contribution in [3.63, 3.8) is 0 Å². The highest BCUT2D eigenvalue weighted by atomic mass is 127. The lowest BCUT2D eigenvalue weighted by Crippen LogP contribution is -1.97. The maximum absolute atomic E-state index is 9.72. The molecule has 0 atom stereocenters. The molecule has 3 aromatic carbocycles. The van der Waals surface area contributed by atoms with Gasteiger partial charge < -0.3 is 14.5 Å². The molecule has 0 fully saturated rings. The van der Waals surface area contributed by atoms with E-state index in [2.05, 4.69) is 54.6 Å². The van der Waals surface area contributed by atoms with Gasteiger partial charge in [-0.05, 0) is 92.1 Å². The summed E-state index contributed by atoms with van der Waals surface area (Å²) in [6, 6.07) is 19.4. The second-order valence-electron chi connectivity index (χ2n) is 6.87. The summed E-state index contributed by atoms with van der Waals surface area (Å²) in [6.07, 6.45) is 1.73. The molecule has 1 N–H and O–H groups in total. The molecule has 32 heavy (non-hydrogen) atoms. The van der Waals surface area contributed by atoms with Crippen molar-refractivity contribution in [2.24, 2.45) is 0 Å². The van der Waals surface area contributed by atoms with E-state index in [0.717, 1.165) is 22.2 Å². The van der Waals surface area contributed by atoms with Crippen LogP contribution in [0.3, 0.4) is 0 Å². The minimum atomic E-state index is 0.385. The molecule has 5 nitrogen and oxygen atoms in total. The van der Waals surface area contributed by atoms with Gasteiger partial charge in [0.15, 0.2) is 5.75 Å². The number of methoxy groups -OCH3 is 1. The van der Waals surface area contributed by atoms with Crippen LogP contribution >= 0.6 is 50.1 Å². The largest absolute Gasteiger partial charge is 0.497 e. The Morgan fingerprint density at radius 3 is 2.69 bits per heavy atom. The Morgan fingerprint density at radius 1 is 1.22 bits per heavy atom. The Morgan fingerprint density at radius 2 is 2.00 bits per heavy atom. The van der Waals surface area contributed by atoms with Crippen molar-refractivity contribution in [3.8, 4) is 17.6 Å². The zero-order valence-electron chi connectivity index (χ0n) is 16.8. The number of nitrogens with zero attached hydrogens (tertiary/aromatic N) is 2. The van der Waals surface area contributed by atoms with Crippen molar-refractivity contribution in [3.05, 3.63) is 84.6 Å². The fourth-order valence-electron chi connectivity index (χ4n) is 3.10. The number of allylic oxidation sites excluding steroid dienone is 1. The van der Waals surface area contributed by atoms with E-state index in [1.165, 1.54) is 3.57 Å². The standard InChI is InChI=1S/C24H16BrClIN3O2/c1-31-18-6-7-21-22(11-18)30-24(29-21)16(12-28)8-15-9-19(25)23(20(26)10-15)32-13-14-2-4-17(27)5-3-14/h2-11H,13H2,1H3,(H,29,30)/b16-8-. The highest BCUT2D eigenvalue weighted by molar-refractivity contribution is 14.1. The van der Waals surface area contributed by atoms with Gasteiger partial charge in [0.25, 0.3) is 0 Å². The average Bonchev–Trinajstić information content (AvgIpc) is 3.21. The van der Waals surface area contributed by atoms with Crippen molar-refractivity contribution in [1.29, 1.82) is 5.26 Å². The first-order chi connectivity index (χ1) is 15.5. The Hall–Kier alpha value is -2.54. The summed E-state index contributed by atoms with van der Waals surface area (Å²) in [5.41, 5.74) is 3.72. The van der Waals surface area contributed by atoms with Gasteiger partial charge in [0.05, 0.1) is 33.2 Å². The summed E-state index contributed by atoms with van der Waals surface area (Å²) in [5.74, 6) is 1.74. The predicted octanol–water partition coefficient (Wildman–Crippen LogP) is 7.24. The van der Waals surface area contributed by atoms with Gasteiger partial charge in [0.2, 0.25) is 0 Å². The van der Waals surface area contributed by atoms with Gasteiger partial charge in [-0.15, -0.1) is 0 Å². The molecule has 0 aliphatic heterocycles. The van der Waals surface area contributed by atoms with Crippen LogP contribution in [0.5, 0.6) is 11.5 Å². The summed E-state index contributed by atoms with van der Waals surface area (Å²) < 4.78 is 13.0. The lowest BCUT2D eigenvalue weighted by molar-refractivity contribution is 0.304. The lowest BCUT2D eigenvalue weighted by atomic mass is 10.1. The Bertz CT molecular complexity index is 1340. The first-order valence-electron chi connectivity index (χ1n) is 9.49. The molecular weight excluding hydrogens is 605 g/mol. The predicted molar refractivity (Wildman–Crippen MR) is 139 cm³/mol. The molecule has 0 amide bonds.